The van der Waals surface area contributed by atoms with E-state index in [1.807, 2.05) is 25.1 Å². The second kappa shape index (κ2) is 6.84. The van der Waals surface area contributed by atoms with Gasteiger partial charge in [-0.25, -0.2) is 4.39 Å². The lowest BCUT2D eigenvalue weighted by Gasteiger charge is -2.22. The van der Waals surface area contributed by atoms with Crippen LogP contribution in [0.2, 0.25) is 5.02 Å². The lowest BCUT2D eigenvalue weighted by atomic mass is 10.0. The molecule has 106 valence electrons. The monoisotopic (exact) mass is 293 g/mol. The van der Waals surface area contributed by atoms with Crippen LogP contribution < -0.4 is 5.73 Å². The van der Waals surface area contributed by atoms with Crippen LogP contribution in [0.1, 0.15) is 24.2 Å². The van der Waals surface area contributed by atoms with Gasteiger partial charge >= 0.3 is 0 Å². The minimum atomic E-state index is -0.326. The van der Waals surface area contributed by atoms with Gasteiger partial charge in [0.25, 0.3) is 0 Å². The molecule has 2 aromatic carbocycles. The Morgan fingerprint density at radius 2 is 1.95 bits per heavy atom. The number of benzene rings is 2. The normalized spacial score (nSPS) is 14.0. The molecular formula is C16H17ClFNO. The SMILES string of the molecule is CC(N)C(OCc1ccccc1F)c1cccc(Cl)c1. The molecule has 0 saturated carbocycles. The smallest absolute Gasteiger partial charge is 0.128 e. The van der Waals surface area contributed by atoms with Crippen molar-refractivity contribution in [1.29, 1.82) is 0 Å². The Labute approximate surface area is 123 Å². The number of nitrogens with two attached hydrogens (primary N) is 1. The average molecular weight is 294 g/mol. The third-order valence-corrected chi connectivity index (χ3v) is 3.27. The highest BCUT2D eigenvalue weighted by Gasteiger charge is 2.18. The van der Waals surface area contributed by atoms with Crippen LogP contribution in [0.3, 0.4) is 0 Å². The zero-order valence-corrected chi connectivity index (χ0v) is 12.0. The van der Waals surface area contributed by atoms with Gasteiger partial charge in [-0.3, -0.25) is 0 Å². The summed E-state index contributed by atoms with van der Waals surface area (Å²) in [4.78, 5) is 0. The summed E-state index contributed by atoms with van der Waals surface area (Å²) in [5.74, 6) is -0.276. The van der Waals surface area contributed by atoms with Gasteiger partial charge in [0.2, 0.25) is 0 Å². The lowest BCUT2D eigenvalue weighted by molar-refractivity contribution is 0.0245. The largest absolute Gasteiger partial charge is 0.367 e. The number of hydrogen-bond donors (Lipinski definition) is 1. The summed E-state index contributed by atoms with van der Waals surface area (Å²) in [6.07, 6.45) is -0.326. The highest BCUT2D eigenvalue weighted by atomic mass is 35.5. The van der Waals surface area contributed by atoms with Crippen LogP contribution in [-0.2, 0) is 11.3 Å². The van der Waals surface area contributed by atoms with Gasteiger partial charge in [0.1, 0.15) is 5.82 Å². The Morgan fingerprint density at radius 1 is 1.20 bits per heavy atom. The van der Waals surface area contributed by atoms with Gasteiger partial charge in [0.05, 0.1) is 12.7 Å². The predicted molar refractivity (Wildman–Crippen MR) is 79.0 cm³/mol. The zero-order chi connectivity index (χ0) is 14.5. The Bertz CT molecular complexity index is 574. The molecule has 0 radical (unpaired) electrons. The standard InChI is InChI=1S/C16H17ClFNO/c1-11(19)16(12-6-4-7-14(17)9-12)20-10-13-5-2-3-8-15(13)18/h2-9,11,16H,10,19H2,1H3. The summed E-state index contributed by atoms with van der Waals surface area (Å²) < 4.78 is 19.4. The van der Waals surface area contributed by atoms with Gasteiger partial charge in [-0.2, -0.15) is 0 Å². The zero-order valence-electron chi connectivity index (χ0n) is 11.2. The van der Waals surface area contributed by atoms with E-state index in [9.17, 15) is 4.39 Å². The van der Waals surface area contributed by atoms with E-state index in [1.54, 1.807) is 24.3 Å². The summed E-state index contributed by atoms with van der Waals surface area (Å²) in [7, 11) is 0. The molecular weight excluding hydrogens is 277 g/mol. The summed E-state index contributed by atoms with van der Waals surface area (Å²) in [5, 5.41) is 0.627. The molecule has 2 atom stereocenters. The van der Waals surface area contributed by atoms with E-state index in [4.69, 9.17) is 22.1 Å². The molecule has 20 heavy (non-hydrogen) atoms. The topological polar surface area (TPSA) is 35.2 Å². The van der Waals surface area contributed by atoms with Crippen LogP contribution in [-0.4, -0.2) is 6.04 Å². The van der Waals surface area contributed by atoms with Crippen LogP contribution >= 0.6 is 11.6 Å². The van der Waals surface area contributed by atoms with Crippen molar-refractivity contribution in [2.45, 2.75) is 25.7 Å². The van der Waals surface area contributed by atoms with Gasteiger partial charge < -0.3 is 10.5 Å². The maximum Gasteiger partial charge on any atom is 0.128 e. The van der Waals surface area contributed by atoms with Crippen molar-refractivity contribution in [2.75, 3.05) is 0 Å². The first kappa shape index (κ1) is 15.0. The van der Waals surface area contributed by atoms with Crippen LogP contribution in [0.25, 0.3) is 0 Å². The first-order chi connectivity index (χ1) is 9.58. The molecule has 0 aliphatic carbocycles. The Morgan fingerprint density at radius 3 is 2.60 bits per heavy atom. The van der Waals surface area contributed by atoms with Crippen LogP contribution in [0, 0.1) is 5.82 Å². The first-order valence-corrected chi connectivity index (χ1v) is 6.82. The quantitative estimate of drug-likeness (QED) is 0.901. The number of hydrogen-bond acceptors (Lipinski definition) is 2. The van der Waals surface area contributed by atoms with Crippen molar-refractivity contribution in [2.24, 2.45) is 5.73 Å². The van der Waals surface area contributed by atoms with E-state index in [0.29, 0.717) is 10.6 Å². The molecule has 2 rings (SSSR count). The highest BCUT2D eigenvalue weighted by Crippen LogP contribution is 2.24. The maximum absolute atomic E-state index is 13.6. The second-order valence-electron chi connectivity index (χ2n) is 4.74. The van der Waals surface area contributed by atoms with Crippen molar-refractivity contribution in [3.8, 4) is 0 Å². The van der Waals surface area contributed by atoms with Gasteiger partial charge in [0, 0.05) is 16.6 Å². The van der Waals surface area contributed by atoms with Crippen LogP contribution in [0.5, 0.6) is 0 Å². The highest BCUT2D eigenvalue weighted by molar-refractivity contribution is 6.30. The molecule has 0 bridgehead atoms. The predicted octanol–water partition coefficient (Wildman–Crippen LogP) is 4.08. The molecule has 0 aliphatic heterocycles. The van der Waals surface area contributed by atoms with E-state index in [2.05, 4.69) is 0 Å². The van der Waals surface area contributed by atoms with Gasteiger partial charge in [-0.1, -0.05) is 41.9 Å². The summed E-state index contributed by atoms with van der Waals surface area (Å²) in [6, 6.07) is 13.7. The Kier molecular flexibility index (Phi) is 5.12. The van der Waals surface area contributed by atoms with E-state index >= 15 is 0 Å². The Hall–Kier alpha value is -1.42. The van der Waals surface area contributed by atoms with E-state index < -0.39 is 0 Å². The fourth-order valence-electron chi connectivity index (χ4n) is 2.03. The van der Waals surface area contributed by atoms with Crippen LogP contribution in [0.4, 0.5) is 4.39 Å². The summed E-state index contributed by atoms with van der Waals surface area (Å²) in [6.45, 7) is 2.03. The molecule has 0 aromatic heterocycles. The van der Waals surface area contributed by atoms with Crippen molar-refractivity contribution >= 4 is 11.6 Å². The molecule has 0 spiro atoms. The number of rotatable bonds is 5. The summed E-state index contributed by atoms with van der Waals surface area (Å²) in [5.41, 5.74) is 7.37. The summed E-state index contributed by atoms with van der Waals surface area (Å²) >= 11 is 5.98. The molecule has 2 nitrogen and oxygen atoms in total. The molecule has 0 aliphatic rings. The first-order valence-electron chi connectivity index (χ1n) is 6.44. The minimum Gasteiger partial charge on any atom is -0.367 e. The molecule has 0 fully saturated rings. The van der Waals surface area contributed by atoms with Crippen molar-refractivity contribution in [1.82, 2.24) is 0 Å². The maximum atomic E-state index is 13.6. The van der Waals surface area contributed by atoms with E-state index in [-0.39, 0.29) is 24.6 Å². The van der Waals surface area contributed by atoms with Crippen LogP contribution in [0.15, 0.2) is 48.5 Å². The number of halogens is 2. The molecule has 2 N–H and O–H groups in total. The Balaban J connectivity index is 2.13. The van der Waals surface area contributed by atoms with Gasteiger partial charge in [-0.15, -0.1) is 0 Å². The molecule has 0 heterocycles. The molecule has 2 aromatic rings. The third-order valence-electron chi connectivity index (χ3n) is 3.03. The molecule has 0 saturated heterocycles. The van der Waals surface area contributed by atoms with Crippen molar-refractivity contribution < 1.29 is 9.13 Å². The van der Waals surface area contributed by atoms with Crippen molar-refractivity contribution in [3.63, 3.8) is 0 Å². The van der Waals surface area contributed by atoms with Gasteiger partial charge in [0.15, 0.2) is 0 Å². The van der Waals surface area contributed by atoms with E-state index in [1.165, 1.54) is 6.07 Å². The van der Waals surface area contributed by atoms with Crippen molar-refractivity contribution in [3.05, 3.63) is 70.5 Å². The van der Waals surface area contributed by atoms with E-state index in [0.717, 1.165) is 5.56 Å². The lowest BCUT2D eigenvalue weighted by Crippen LogP contribution is -2.27. The molecule has 4 heteroatoms. The number of ether oxygens (including phenoxy) is 1. The molecule has 2 unspecified atom stereocenters. The van der Waals surface area contributed by atoms with Gasteiger partial charge in [-0.05, 0) is 30.7 Å². The second-order valence-corrected chi connectivity index (χ2v) is 5.17. The minimum absolute atomic E-state index is 0.172. The fraction of sp³-hybridized carbons (Fsp3) is 0.250. The third kappa shape index (κ3) is 3.79. The fourth-order valence-corrected chi connectivity index (χ4v) is 2.23. The average Bonchev–Trinajstić information content (AvgIpc) is 2.41. The molecule has 0 amide bonds.